The molecule has 5 heteroatoms. The van der Waals surface area contributed by atoms with Crippen molar-refractivity contribution in [3.63, 3.8) is 0 Å². The lowest BCUT2D eigenvalue weighted by Crippen LogP contribution is -2.26. The van der Waals surface area contributed by atoms with Crippen LogP contribution < -0.4 is 5.73 Å². The van der Waals surface area contributed by atoms with Crippen molar-refractivity contribution < 1.29 is 4.52 Å². The summed E-state index contributed by atoms with van der Waals surface area (Å²) in [6.07, 6.45) is 0. The molecule has 0 radical (unpaired) electrons. The van der Waals surface area contributed by atoms with Crippen LogP contribution in [-0.2, 0) is 0 Å². The van der Waals surface area contributed by atoms with Crippen LogP contribution in [0.5, 0.6) is 0 Å². The van der Waals surface area contributed by atoms with Gasteiger partial charge >= 0.3 is 0 Å². The molecular weight excluding hydrogens is 228 g/mol. The third-order valence-corrected chi connectivity index (χ3v) is 2.63. The molecule has 2 N–H and O–H groups in total. The average molecular weight is 246 g/mol. The maximum absolute atomic E-state index is 5.98. The number of hydrogen-bond donors (Lipinski definition) is 1. The zero-order valence-corrected chi connectivity index (χ0v) is 10.9. The van der Waals surface area contributed by atoms with Gasteiger partial charge in [-0.15, -0.1) is 0 Å². The molecule has 2 aromatic rings. The van der Waals surface area contributed by atoms with Gasteiger partial charge in [0.05, 0.1) is 6.04 Å². The molecule has 0 bridgehead atoms. The Bertz CT molecular complexity index is 504. The highest BCUT2D eigenvalue weighted by Crippen LogP contribution is 2.19. The second kappa shape index (κ2) is 5.29. The van der Waals surface area contributed by atoms with Crippen molar-refractivity contribution >= 4 is 0 Å². The summed E-state index contributed by atoms with van der Waals surface area (Å²) in [6, 6.07) is 7.72. The van der Waals surface area contributed by atoms with Crippen molar-refractivity contribution in [1.29, 1.82) is 0 Å². The van der Waals surface area contributed by atoms with Crippen LogP contribution in [0, 0.1) is 6.92 Å². The molecule has 0 saturated heterocycles. The number of hydrogen-bond acceptors (Lipinski definition) is 5. The van der Waals surface area contributed by atoms with Gasteiger partial charge in [0.1, 0.15) is 0 Å². The molecular formula is C13H18N4O. The molecule has 1 heterocycles. The Morgan fingerprint density at radius 1 is 1.28 bits per heavy atom. The first-order valence-electron chi connectivity index (χ1n) is 5.87. The molecule has 0 aliphatic heterocycles. The minimum atomic E-state index is -0.233. The predicted octanol–water partition coefficient (Wildman–Crippen LogP) is 1.61. The topological polar surface area (TPSA) is 68.2 Å². The standard InChI is InChI=1S/C13H18N4O/c1-9-4-6-10(7-5-9)13-15-12(16-18-13)11(14)8-17(2)3/h4-7,11H,8,14H2,1-3H3. The van der Waals surface area contributed by atoms with E-state index in [9.17, 15) is 0 Å². The molecule has 1 aromatic heterocycles. The number of aryl methyl sites for hydroxylation is 1. The van der Waals surface area contributed by atoms with Gasteiger partial charge in [-0.2, -0.15) is 4.98 Å². The van der Waals surface area contributed by atoms with Crippen molar-refractivity contribution in [2.75, 3.05) is 20.6 Å². The van der Waals surface area contributed by atoms with Crippen LogP contribution in [0.25, 0.3) is 11.5 Å². The SMILES string of the molecule is Cc1ccc(-c2nc(C(N)CN(C)C)no2)cc1. The van der Waals surface area contributed by atoms with Gasteiger partial charge in [0.25, 0.3) is 5.89 Å². The van der Waals surface area contributed by atoms with E-state index in [0.717, 1.165) is 5.56 Å². The summed E-state index contributed by atoms with van der Waals surface area (Å²) in [5.41, 5.74) is 8.10. The molecule has 18 heavy (non-hydrogen) atoms. The van der Waals surface area contributed by atoms with Gasteiger partial charge in [-0.1, -0.05) is 22.9 Å². The fourth-order valence-corrected chi connectivity index (χ4v) is 1.67. The second-order valence-electron chi connectivity index (χ2n) is 4.69. The van der Waals surface area contributed by atoms with Crippen LogP contribution in [0.1, 0.15) is 17.4 Å². The smallest absolute Gasteiger partial charge is 0.257 e. The molecule has 0 aliphatic carbocycles. The number of nitrogens with two attached hydrogens (primary N) is 1. The summed E-state index contributed by atoms with van der Waals surface area (Å²) in [5.74, 6) is 1.05. The number of rotatable bonds is 4. The highest BCUT2D eigenvalue weighted by molar-refractivity contribution is 5.53. The Hall–Kier alpha value is -1.72. The Labute approximate surface area is 107 Å². The van der Waals surface area contributed by atoms with E-state index in [-0.39, 0.29) is 6.04 Å². The Morgan fingerprint density at radius 2 is 1.94 bits per heavy atom. The van der Waals surface area contributed by atoms with E-state index in [1.807, 2.05) is 50.2 Å². The molecule has 1 unspecified atom stereocenters. The van der Waals surface area contributed by atoms with Crippen LogP contribution in [0.3, 0.4) is 0 Å². The maximum atomic E-state index is 5.98. The van der Waals surface area contributed by atoms with E-state index < -0.39 is 0 Å². The first-order chi connectivity index (χ1) is 8.56. The minimum Gasteiger partial charge on any atom is -0.334 e. The summed E-state index contributed by atoms with van der Waals surface area (Å²) in [7, 11) is 3.92. The first kappa shape index (κ1) is 12.7. The lowest BCUT2D eigenvalue weighted by Gasteiger charge is -2.12. The molecule has 0 fully saturated rings. The molecule has 96 valence electrons. The summed E-state index contributed by atoms with van der Waals surface area (Å²) in [4.78, 5) is 6.33. The van der Waals surface area contributed by atoms with E-state index in [4.69, 9.17) is 10.3 Å². The monoisotopic (exact) mass is 246 g/mol. The summed E-state index contributed by atoms with van der Waals surface area (Å²) in [6.45, 7) is 2.73. The number of likely N-dealkylation sites (N-methyl/N-ethyl adjacent to an activating group) is 1. The van der Waals surface area contributed by atoms with Crippen molar-refractivity contribution in [3.8, 4) is 11.5 Å². The summed E-state index contributed by atoms with van der Waals surface area (Å²) >= 11 is 0. The summed E-state index contributed by atoms with van der Waals surface area (Å²) < 4.78 is 5.23. The van der Waals surface area contributed by atoms with Gasteiger partial charge in [0.15, 0.2) is 5.82 Å². The van der Waals surface area contributed by atoms with E-state index in [1.54, 1.807) is 0 Å². The van der Waals surface area contributed by atoms with Crippen molar-refractivity contribution in [2.45, 2.75) is 13.0 Å². The van der Waals surface area contributed by atoms with Crippen LogP contribution in [0.4, 0.5) is 0 Å². The molecule has 2 rings (SSSR count). The van der Waals surface area contributed by atoms with Crippen LogP contribution >= 0.6 is 0 Å². The lowest BCUT2D eigenvalue weighted by atomic mass is 10.1. The average Bonchev–Trinajstić information content (AvgIpc) is 2.78. The largest absolute Gasteiger partial charge is 0.334 e. The van der Waals surface area contributed by atoms with E-state index in [1.165, 1.54) is 5.56 Å². The molecule has 0 aliphatic rings. The third kappa shape index (κ3) is 2.94. The van der Waals surface area contributed by atoms with Crippen LogP contribution in [-0.4, -0.2) is 35.7 Å². The Morgan fingerprint density at radius 3 is 2.56 bits per heavy atom. The van der Waals surface area contributed by atoms with E-state index in [2.05, 4.69) is 10.1 Å². The van der Waals surface area contributed by atoms with Gasteiger partial charge in [-0.3, -0.25) is 0 Å². The normalized spacial score (nSPS) is 12.9. The molecule has 5 nitrogen and oxygen atoms in total. The fourth-order valence-electron chi connectivity index (χ4n) is 1.67. The van der Waals surface area contributed by atoms with Crippen molar-refractivity contribution in [2.24, 2.45) is 5.73 Å². The molecule has 1 aromatic carbocycles. The zero-order chi connectivity index (χ0) is 13.1. The zero-order valence-electron chi connectivity index (χ0n) is 10.9. The number of benzene rings is 1. The number of nitrogens with zero attached hydrogens (tertiary/aromatic N) is 3. The van der Waals surface area contributed by atoms with Gasteiger partial charge in [0, 0.05) is 12.1 Å². The minimum absolute atomic E-state index is 0.233. The molecule has 1 atom stereocenters. The molecule has 0 spiro atoms. The van der Waals surface area contributed by atoms with E-state index in [0.29, 0.717) is 18.3 Å². The first-order valence-corrected chi connectivity index (χ1v) is 5.87. The van der Waals surface area contributed by atoms with Gasteiger partial charge in [-0.25, -0.2) is 0 Å². The van der Waals surface area contributed by atoms with Crippen molar-refractivity contribution in [1.82, 2.24) is 15.0 Å². The van der Waals surface area contributed by atoms with Gasteiger partial charge in [0.2, 0.25) is 0 Å². The van der Waals surface area contributed by atoms with Gasteiger partial charge < -0.3 is 15.2 Å². The third-order valence-electron chi connectivity index (χ3n) is 2.63. The predicted molar refractivity (Wildman–Crippen MR) is 70.0 cm³/mol. The van der Waals surface area contributed by atoms with E-state index >= 15 is 0 Å². The lowest BCUT2D eigenvalue weighted by molar-refractivity contribution is 0.357. The highest BCUT2D eigenvalue weighted by Gasteiger charge is 2.15. The highest BCUT2D eigenvalue weighted by atomic mass is 16.5. The van der Waals surface area contributed by atoms with Crippen LogP contribution in [0.15, 0.2) is 28.8 Å². The van der Waals surface area contributed by atoms with Crippen molar-refractivity contribution in [3.05, 3.63) is 35.7 Å². The number of aromatic nitrogens is 2. The van der Waals surface area contributed by atoms with Gasteiger partial charge in [-0.05, 0) is 33.2 Å². The maximum Gasteiger partial charge on any atom is 0.257 e. The molecule has 0 amide bonds. The Balaban J connectivity index is 2.17. The quantitative estimate of drug-likeness (QED) is 0.887. The fraction of sp³-hybridized carbons (Fsp3) is 0.385. The Kier molecular flexibility index (Phi) is 3.74. The molecule has 0 saturated carbocycles. The van der Waals surface area contributed by atoms with Crippen LogP contribution in [0.2, 0.25) is 0 Å². The summed E-state index contributed by atoms with van der Waals surface area (Å²) in [5, 5.41) is 3.93. The second-order valence-corrected chi connectivity index (χ2v) is 4.69.